The summed E-state index contributed by atoms with van der Waals surface area (Å²) in [5.41, 5.74) is 10.00. The molecule has 3 aromatic rings. The van der Waals surface area contributed by atoms with E-state index in [0.29, 0.717) is 6.54 Å². The van der Waals surface area contributed by atoms with Gasteiger partial charge in [-0.1, -0.05) is 6.07 Å². The van der Waals surface area contributed by atoms with Gasteiger partial charge in [0.2, 0.25) is 0 Å². The molecule has 0 aromatic carbocycles. The molecule has 0 unspecified atom stereocenters. The number of aryl methyl sites for hydroxylation is 1. The predicted molar refractivity (Wildman–Crippen MR) is 84.3 cm³/mol. The lowest BCUT2D eigenvalue weighted by Gasteiger charge is -2.17. The van der Waals surface area contributed by atoms with Crippen LogP contribution in [0.25, 0.3) is 16.6 Å². The van der Waals surface area contributed by atoms with E-state index >= 15 is 0 Å². The smallest absolute Gasteiger partial charge is 0.0895 e. The van der Waals surface area contributed by atoms with Gasteiger partial charge in [-0.2, -0.15) is 10.2 Å². The van der Waals surface area contributed by atoms with Crippen molar-refractivity contribution in [3.8, 4) is 11.1 Å². The first-order valence-electron chi connectivity index (χ1n) is 7.06. The van der Waals surface area contributed by atoms with E-state index in [4.69, 9.17) is 5.73 Å². The van der Waals surface area contributed by atoms with Crippen molar-refractivity contribution >= 4 is 11.2 Å². The molecule has 0 radical (unpaired) electrons. The predicted octanol–water partition coefficient (Wildman–Crippen LogP) is 1.52. The molecule has 3 aromatic heterocycles. The molecule has 110 valence electrons. The Labute approximate surface area is 123 Å². The van der Waals surface area contributed by atoms with E-state index in [1.165, 1.54) is 0 Å². The molecule has 6 heteroatoms. The van der Waals surface area contributed by atoms with E-state index in [0.717, 1.165) is 35.3 Å². The van der Waals surface area contributed by atoms with Gasteiger partial charge in [-0.25, -0.2) is 4.52 Å². The fraction of sp³-hybridized carbons (Fsp3) is 0.333. The maximum Gasteiger partial charge on any atom is 0.0895 e. The van der Waals surface area contributed by atoms with Crippen LogP contribution in [0.4, 0.5) is 5.69 Å². The quantitative estimate of drug-likeness (QED) is 0.771. The minimum absolute atomic E-state index is 0.703. The summed E-state index contributed by atoms with van der Waals surface area (Å²) in [4.78, 5) is 2.19. The lowest BCUT2D eigenvalue weighted by atomic mass is 10.1. The summed E-state index contributed by atoms with van der Waals surface area (Å²) in [5, 5.41) is 8.66. The Morgan fingerprint density at radius 1 is 1.14 bits per heavy atom. The van der Waals surface area contributed by atoms with Gasteiger partial charge < -0.3 is 10.6 Å². The number of nitrogens with zero attached hydrogens (tertiary/aromatic N) is 5. The summed E-state index contributed by atoms with van der Waals surface area (Å²) < 4.78 is 3.71. The van der Waals surface area contributed by atoms with E-state index < -0.39 is 0 Å². The van der Waals surface area contributed by atoms with Gasteiger partial charge in [0.15, 0.2) is 0 Å². The normalized spacial score (nSPS) is 11.2. The van der Waals surface area contributed by atoms with E-state index in [9.17, 15) is 0 Å². The molecule has 0 saturated carbocycles. The van der Waals surface area contributed by atoms with Crippen LogP contribution in [0, 0.1) is 0 Å². The maximum absolute atomic E-state index is 5.57. The van der Waals surface area contributed by atoms with Crippen molar-refractivity contribution < 1.29 is 0 Å². The monoisotopic (exact) mass is 284 g/mol. The van der Waals surface area contributed by atoms with Gasteiger partial charge in [-0.15, -0.1) is 0 Å². The van der Waals surface area contributed by atoms with Gasteiger partial charge >= 0.3 is 0 Å². The third kappa shape index (κ3) is 2.62. The topological polar surface area (TPSA) is 64.4 Å². The molecule has 6 nitrogen and oxygen atoms in total. The number of aromatic nitrogens is 4. The zero-order valence-corrected chi connectivity index (χ0v) is 12.4. The molecule has 0 aliphatic heterocycles. The molecule has 0 amide bonds. The van der Waals surface area contributed by atoms with Gasteiger partial charge in [0.05, 0.1) is 23.6 Å². The molecule has 0 atom stereocenters. The second kappa shape index (κ2) is 5.57. The number of rotatable bonds is 5. The van der Waals surface area contributed by atoms with Gasteiger partial charge in [-0.05, 0) is 19.0 Å². The average Bonchev–Trinajstić information content (AvgIpc) is 3.10. The fourth-order valence-corrected chi connectivity index (χ4v) is 2.45. The van der Waals surface area contributed by atoms with Gasteiger partial charge in [0.25, 0.3) is 0 Å². The molecule has 0 spiro atoms. The molecule has 0 fully saturated rings. The molecular formula is C15H20N6. The first-order chi connectivity index (χ1) is 10.2. The Balaban J connectivity index is 1.94. The maximum atomic E-state index is 5.57. The van der Waals surface area contributed by atoms with Crippen LogP contribution in [0.15, 0.2) is 36.9 Å². The van der Waals surface area contributed by atoms with Gasteiger partial charge in [0, 0.05) is 44.2 Å². The van der Waals surface area contributed by atoms with Crippen LogP contribution in [0.1, 0.15) is 6.42 Å². The van der Waals surface area contributed by atoms with Crippen molar-refractivity contribution in [3.63, 3.8) is 0 Å². The third-order valence-electron chi connectivity index (χ3n) is 3.64. The second-order valence-electron chi connectivity index (χ2n) is 5.24. The lowest BCUT2D eigenvalue weighted by molar-refractivity contribution is 0.768. The SMILES string of the molecule is CN(CCCN)c1cnn2cc(-c3cnn(C)c3)ccc12. The average molecular weight is 284 g/mol. The van der Waals surface area contributed by atoms with E-state index in [-0.39, 0.29) is 0 Å². The van der Waals surface area contributed by atoms with E-state index in [2.05, 4.69) is 34.3 Å². The van der Waals surface area contributed by atoms with Crippen molar-refractivity contribution in [1.82, 2.24) is 19.4 Å². The van der Waals surface area contributed by atoms with Gasteiger partial charge in [0.1, 0.15) is 0 Å². The Morgan fingerprint density at radius 2 is 2.00 bits per heavy atom. The van der Waals surface area contributed by atoms with E-state index in [1.807, 2.05) is 36.4 Å². The van der Waals surface area contributed by atoms with Crippen LogP contribution < -0.4 is 10.6 Å². The van der Waals surface area contributed by atoms with Crippen molar-refractivity contribution in [2.45, 2.75) is 6.42 Å². The highest BCUT2D eigenvalue weighted by Gasteiger charge is 2.10. The third-order valence-corrected chi connectivity index (χ3v) is 3.64. The van der Waals surface area contributed by atoms with Crippen LogP contribution >= 0.6 is 0 Å². The number of nitrogens with two attached hydrogens (primary N) is 1. The first-order valence-corrected chi connectivity index (χ1v) is 7.06. The van der Waals surface area contributed by atoms with Crippen LogP contribution in [0.2, 0.25) is 0 Å². The molecule has 0 bridgehead atoms. The molecule has 2 N–H and O–H groups in total. The molecule has 0 aliphatic rings. The zero-order valence-electron chi connectivity index (χ0n) is 12.4. The van der Waals surface area contributed by atoms with Crippen molar-refractivity contribution in [2.24, 2.45) is 12.8 Å². The first kappa shape index (κ1) is 13.6. The Kier molecular flexibility index (Phi) is 3.62. The number of fused-ring (bicyclic) bond motifs is 1. The summed E-state index contributed by atoms with van der Waals surface area (Å²) in [6.45, 7) is 1.64. The van der Waals surface area contributed by atoms with Crippen LogP contribution in [-0.4, -0.2) is 39.5 Å². The molecule has 0 aliphatic carbocycles. The minimum atomic E-state index is 0.703. The second-order valence-corrected chi connectivity index (χ2v) is 5.24. The zero-order chi connectivity index (χ0) is 14.8. The molecule has 21 heavy (non-hydrogen) atoms. The highest BCUT2D eigenvalue weighted by Crippen LogP contribution is 2.24. The summed E-state index contributed by atoms with van der Waals surface area (Å²) in [6, 6.07) is 4.21. The largest absolute Gasteiger partial charge is 0.372 e. The minimum Gasteiger partial charge on any atom is -0.372 e. The summed E-state index contributed by atoms with van der Waals surface area (Å²) in [6.07, 6.45) is 8.77. The summed E-state index contributed by atoms with van der Waals surface area (Å²) in [7, 11) is 3.99. The van der Waals surface area contributed by atoms with Crippen molar-refractivity contribution in [1.29, 1.82) is 0 Å². The Morgan fingerprint density at radius 3 is 2.71 bits per heavy atom. The molecule has 0 saturated heterocycles. The van der Waals surface area contributed by atoms with Crippen LogP contribution in [-0.2, 0) is 7.05 Å². The highest BCUT2D eigenvalue weighted by molar-refractivity contribution is 5.75. The lowest BCUT2D eigenvalue weighted by Crippen LogP contribution is -2.20. The van der Waals surface area contributed by atoms with Crippen molar-refractivity contribution in [2.75, 3.05) is 25.0 Å². The molecule has 3 rings (SSSR count). The van der Waals surface area contributed by atoms with Gasteiger partial charge in [-0.3, -0.25) is 4.68 Å². The fourth-order valence-electron chi connectivity index (χ4n) is 2.45. The Bertz CT molecular complexity index is 742. The molecular weight excluding hydrogens is 264 g/mol. The van der Waals surface area contributed by atoms with E-state index in [1.54, 1.807) is 4.68 Å². The standard InChI is InChI=1S/C15H20N6/c1-19(7-3-6-16)15-9-18-21-11-12(4-5-14(15)21)13-8-17-20(2)10-13/h4-5,8-11H,3,6-7,16H2,1-2H3. The summed E-state index contributed by atoms with van der Waals surface area (Å²) >= 11 is 0. The number of pyridine rings is 1. The van der Waals surface area contributed by atoms with Crippen LogP contribution in [0.3, 0.4) is 0 Å². The highest BCUT2D eigenvalue weighted by atomic mass is 15.3. The molecule has 3 heterocycles. The number of anilines is 1. The number of hydrogen-bond donors (Lipinski definition) is 1. The number of hydrogen-bond acceptors (Lipinski definition) is 4. The summed E-state index contributed by atoms with van der Waals surface area (Å²) in [5.74, 6) is 0. The van der Waals surface area contributed by atoms with Crippen molar-refractivity contribution in [3.05, 3.63) is 36.9 Å². The van der Waals surface area contributed by atoms with Crippen LogP contribution in [0.5, 0.6) is 0 Å². The Hall–Kier alpha value is -2.34.